The van der Waals surface area contributed by atoms with Crippen LogP contribution in [0.25, 0.3) is 0 Å². The van der Waals surface area contributed by atoms with Crippen LogP contribution in [-0.4, -0.2) is 38.0 Å². The molecule has 0 saturated carbocycles. The number of fused-ring (bicyclic) bond motifs is 1. The number of methoxy groups -OCH3 is 3. The number of aliphatic carboxylic acids is 1. The molecule has 2 rings (SSSR count). The molecule has 0 radical (unpaired) electrons. The Labute approximate surface area is 123 Å². The monoisotopic (exact) mass is 296 g/mol. The Balaban J connectivity index is 2.47. The van der Waals surface area contributed by atoms with E-state index in [4.69, 9.17) is 24.1 Å². The first-order valence-electron chi connectivity index (χ1n) is 6.66. The Hall–Kier alpha value is -2.11. The maximum absolute atomic E-state index is 11.0. The van der Waals surface area contributed by atoms with Crippen LogP contribution in [-0.2, 0) is 11.2 Å². The van der Waals surface area contributed by atoms with Crippen molar-refractivity contribution in [3.63, 3.8) is 0 Å². The van der Waals surface area contributed by atoms with Gasteiger partial charge in [0.05, 0.1) is 27.8 Å². The Kier molecular flexibility index (Phi) is 4.16. The summed E-state index contributed by atoms with van der Waals surface area (Å²) in [6.45, 7) is 1.80. The highest BCUT2D eigenvalue weighted by molar-refractivity contribution is 5.69. The highest BCUT2D eigenvalue weighted by Crippen LogP contribution is 2.49. The van der Waals surface area contributed by atoms with Crippen LogP contribution < -0.4 is 18.9 Å². The van der Waals surface area contributed by atoms with Crippen molar-refractivity contribution in [1.82, 2.24) is 0 Å². The molecule has 0 aromatic heterocycles. The van der Waals surface area contributed by atoms with Gasteiger partial charge in [-0.2, -0.15) is 0 Å². The van der Waals surface area contributed by atoms with E-state index in [1.54, 1.807) is 27.2 Å². The smallest absolute Gasteiger partial charge is 0.307 e. The van der Waals surface area contributed by atoms with Crippen molar-refractivity contribution in [3.8, 4) is 23.0 Å². The van der Waals surface area contributed by atoms with E-state index in [9.17, 15) is 4.79 Å². The largest absolute Gasteiger partial charge is 0.493 e. The lowest BCUT2D eigenvalue weighted by molar-refractivity contribution is -0.141. The SMILES string of the molecule is COc1cc2c(c(OC)c1OC)CCC(C)(CC(=O)O)O2. The molecule has 1 aromatic rings. The average Bonchev–Trinajstić information content (AvgIpc) is 2.43. The number of carboxylic acids is 1. The first-order valence-corrected chi connectivity index (χ1v) is 6.66. The summed E-state index contributed by atoms with van der Waals surface area (Å²) in [7, 11) is 4.64. The fourth-order valence-corrected chi connectivity index (χ4v) is 2.67. The topological polar surface area (TPSA) is 74.2 Å². The lowest BCUT2D eigenvalue weighted by Gasteiger charge is -2.35. The van der Waals surface area contributed by atoms with E-state index in [0.29, 0.717) is 35.8 Å². The van der Waals surface area contributed by atoms with Crippen molar-refractivity contribution in [2.24, 2.45) is 0 Å². The third kappa shape index (κ3) is 2.84. The van der Waals surface area contributed by atoms with Crippen LogP contribution in [0.5, 0.6) is 23.0 Å². The first kappa shape index (κ1) is 15.3. The second kappa shape index (κ2) is 5.71. The second-order valence-corrected chi connectivity index (χ2v) is 5.24. The van der Waals surface area contributed by atoms with E-state index in [1.807, 2.05) is 0 Å². The molecule has 116 valence electrons. The van der Waals surface area contributed by atoms with Crippen molar-refractivity contribution in [1.29, 1.82) is 0 Å². The fraction of sp³-hybridized carbons (Fsp3) is 0.533. The van der Waals surface area contributed by atoms with Gasteiger partial charge in [-0.25, -0.2) is 0 Å². The van der Waals surface area contributed by atoms with Crippen LogP contribution in [0.15, 0.2) is 6.07 Å². The molecule has 6 heteroatoms. The molecule has 6 nitrogen and oxygen atoms in total. The highest BCUT2D eigenvalue weighted by Gasteiger charge is 2.36. The molecule has 0 spiro atoms. The summed E-state index contributed by atoms with van der Waals surface area (Å²) >= 11 is 0. The number of carbonyl (C=O) groups is 1. The van der Waals surface area contributed by atoms with Crippen LogP contribution in [0.4, 0.5) is 0 Å². The van der Waals surface area contributed by atoms with Gasteiger partial charge in [0, 0.05) is 11.6 Å². The highest BCUT2D eigenvalue weighted by atomic mass is 16.5. The minimum atomic E-state index is -0.881. The summed E-state index contributed by atoms with van der Waals surface area (Å²) in [6, 6.07) is 1.72. The quantitative estimate of drug-likeness (QED) is 0.898. The molecule has 0 saturated heterocycles. The molecule has 0 aliphatic carbocycles. The van der Waals surface area contributed by atoms with Crippen molar-refractivity contribution in [3.05, 3.63) is 11.6 Å². The van der Waals surface area contributed by atoms with Gasteiger partial charge >= 0.3 is 5.97 Å². The Morgan fingerprint density at radius 3 is 2.48 bits per heavy atom. The zero-order valence-corrected chi connectivity index (χ0v) is 12.7. The molecule has 1 aliphatic heterocycles. The van der Waals surface area contributed by atoms with Crippen LogP contribution in [0.2, 0.25) is 0 Å². The summed E-state index contributed by atoms with van der Waals surface area (Å²) < 4.78 is 22.0. The second-order valence-electron chi connectivity index (χ2n) is 5.24. The lowest BCUT2D eigenvalue weighted by atomic mass is 9.89. The fourth-order valence-electron chi connectivity index (χ4n) is 2.67. The number of ether oxygens (including phenoxy) is 4. The zero-order chi connectivity index (χ0) is 15.6. The predicted octanol–water partition coefficient (Wildman–Crippen LogP) is 2.27. The van der Waals surface area contributed by atoms with E-state index >= 15 is 0 Å². The molecular formula is C15H20O6. The van der Waals surface area contributed by atoms with E-state index in [0.717, 1.165) is 5.56 Å². The van der Waals surface area contributed by atoms with Gasteiger partial charge in [-0.3, -0.25) is 4.79 Å². The summed E-state index contributed by atoms with van der Waals surface area (Å²) in [5.74, 6) is 1.29. The van der Waals surface area contributed by atoms with Crippen LogP contribution in [0.3, 0.4) is 0 Å². The van der Waals surface area contributed by atoms with E-state index in [1.165, 1.54) is 7.11 Å². The first-order chi connectivity index (χ1) is 9.94. The van der Waals surface area contributed by atoms with Crippen molar-refractivity contribution >= 4 is 5.97 Å². The number of benzene rings is 1. The minimum absolute atomic E-state index is 0.0525. The Morgan fingerprint density at radius 2 is 1.95 bits per heavy atom. The molecule has 1 aromatic carbocycles. The molecule has 0 fully saturated rings. The van der Waals surface area contributed by atoms with Crippen LogP contribution >= 0.6 is 0 Å². The lowest BCUT2D eigenvalue weighted by Crippen LogP contribution is -2.38. The average molecular weight is 296 g/mol. The van der Waals surface area contributed by atoms with Crippen molar-refractivity contribution in [2.45, 2.75) is 31.8 Å². The van der Waals surface area contributed by atoms with Crippen molar-refractivity contribution < 1.29 is 28.8 Å². The Bertz CT molecular complexity index is 554. The van der Waals surface area contributed by atoms with Gasteiger partial charge in [0.15, 0.2) is 11.5 Å². The number of carboxylic acid groups (broad SMARTS) is 1. The summed E-state index contributed by atoms with van der Waals surface area (Å²) in [6.07, 6.45) is 1.20. The molecule has 0 bridgehead atoms. The minimum Gasteiger partial charge on any atom is -0.493 e. The van der Waals surface area contributed by atoms with Crippen LogP contribution in [0, 0.1) is 0 Å². The molecule has 21 heavy (non-hydrogen) atoms. The molecule has 1 heterocycles. The maximum atomic E-state index is 11.0. The summed E-state index contributed by atoms with van der Waals surface area (Å²) in [5, 5.41) is 9.01. The van der Waals surface area contributed by atoms with Gasteiger partial charge in [0.1, 0.15) is 11.4 Å². The van der Waals surface area contributed by atoms with Crippen LogP contribution in [0.1, 0.15) is 25.3 Å². The number of rotatable bonds is 5. The molecular weight excluding hydrogens is 276 g/mol. The zero-order valence-electron chi connectivity index (χ0n) is 12.7. The van der Waals surface area contributed by atoms with Gasteiger partial charge in [-0.1, -0.05) is 0 Å². The molecule has 1 N–H and O–H groups in total. The van der Waals surface area contributed by atoms with Crippen molar-refractivity contribution in [2.75, 3.05) is 21.3 Å². The number of hydrogen-bond acceptors (Lipinski definition) is 5. The molecule has 0 amide bonds. The number of hydrogen-bond donors (Lipinski definition) is 1. The maximum Gasteiger partial charge on any atom is 0.307 e. The summed E-state index contributed by atoms with van der Waals surface area (Å²) in [5.41, 5.74) is 0.140. The van der Waals surface area contributed by atoms with Gasteiger partial charge in [-0.05, 0) is 19.8 Å². The summed E-state index contributed by atoms with van der Waals surface area (Å²) in [4.78, 5) is 11.0. The van der Waals surface area contributed by atoms with Gasteiger partial charge < -0.3 is 24.1 Å². The third-order valence-electron chi connectivity index (χ3n) is 3.68. The third-order valence-corrected chi connectivity index (χ3v) is 3.68. The Morgan fingerprint density at radius 1 is 1.29 bits per heavy atom. The molecule has 1 atom stereocenters. The van der Waals surface area contributed by atoms with Gasteiger partial charge in [0.25, 0.3) is 0 Å². The van der Waals surface area contributed by atoms with E-state index < -0.39 is 11.6 Å². The normalized spacial score (nSPS) is 20.2. The van der Waals surface area contributed by atoms with E-state index in [2.05, 4.69) is 0 Å². The predicted molar refractivity (Wildman–Crippen MR) is 75.7 cm³/mol. The van der Waals surface area contributed by atoms with E-state index in [-0.39, 0.29) is 6.42 Å². The molecule has 1 unspecified atom stereocenters. The van der Waals surface area contributed by atoms with Gasteiger partial charge in [-0.15, -0.1) is 0 Å². The standard InChI is InChI=1S/C15H20O6/c1-15(8-12(16)17)6-5-9-10(21-15)7-11(18-2)14(20-4)13(9)19-3/h7H,5-6,8H2,1-4H3,(H,16,17). The molecule has 1 aliphatic rings. The van der Waals surface area contributed by atoms with Gasteiger partial charge in [0.2, 0.25) is 5.75 Å².